The van der Waals surface area contributed by atoms with Crippen molar-refractivity contribution in [1.29, 1.82) is 0 Å². The zero-order chi connectivity index (χ0) is 33.4. The summed E-state index contributed by atoms with van der Waals surface area (Å²) in [5, 5.41) is 3.39. The van der Waals surface area contributed by atoms with Crippen LogP contribution in [0.15, 0.2) is 54.7 Å². The minimum absolute atomic E-state index is 0. The molecule has 42 heavy (non-hydrogen) atoms. The van der Waals surface area contributed by atoms with Crippen LogP contribution in [0.5, 0.6) is 5.75 Å². The third kappa shape index (κ3) is 5.28. The Balaban J connectivity index is 0.00000129. The number of fused-ring (bicyclic) bond motifs is 2. The molecular weight excluding hydrogens is 530 g/mol. The number of piperazine rings is 1. The highest BCUT2D eigenvalue weighted by Gasteiger charge is 2.32. The smallest absolute Gasteiger partial charge is 0.260 e. The number of ether oxygens (including phenoxy) is 1. The van der Waals surface area contributed by atoms with Crippen molar-refractivity contribution in [3.05, 3.63) is 65.9 Å². The predicted octanol–water partition coefficient (Wildman–Crippen LogP) is 5.03. The van der Waals surface area contributed by atoms with Crippen molar-refractivity contribution < 1.29 is 23.1 Å². The van der Waals surface area contributed by atoms with Gasteiger partial charge in [0.2, 0.25) is 0 Å². The maximum Gasteiger partial charge on any atom is 0.260 e. The van der Waals surface area contributed by atoms with Crippen molar-refractivity contribution in [3.8, 4) is 5.75 Å². The van der Waals surface area contributed by atoms with E-state index < -0.39 is 0 Å². The summed E-state index contributed by atoms with van der Waals surface area (Å²) < 4.78 is 26.0. The summed E-state index contributed by atoms with van der Waals surface area (Å²) in [5.41, 5.74) is 4.38. The standard InChI is InChI=1S/C32H39N7O3.4H2/c1-5-42-29-18-22(31(40)39-13-12-23(21-39)38-16-14-35(2)15-17-38)10-11-25(29)34-30-19-27-28(20-33-30)37(4)32(41)24-8-6-7-9-26(24)36(27)3;;;;/h6-11,18-20,23H,5,12-17,21H2,1-4H3,(H,33,34);4*1H/t23-;;;;/m1..../s1/i;2*1+1D;2*1+1. The molecule has 3 aromatic rings. The van der Waals surface area contributed by atoms with Gasteiger partial charge >= 0.3 is 0 Å². The number of benzene rings is 2. The Morgan fingerprint density at radius 1 is 1.00 bits per heavy atom. The van der Waals surface area contributed by atoms with Gasteiger partial charge in [0.15, 0.2) is 0 Å². The molecule has 2 aromatic carbocycles. The lowest BCUT2D eigenvalue weighted by molar-refractivity contribution is 0.0754. The van der Waals surface area contributed by atoms with E-state index in [1.54, 1.807) is 18.1 Å². The van der Waals surface area contributed by atoms with E-state index >= 15 is 0 Å². The quantitative estimate of drug-likeness (QED) is 0.433. The molecule has 0 saturated carbocycles. The Morgan fingerprint density at radius 2 is 1.79 bits per heavy atom. The van der Waals surface area contributed by atoms with E-state index in [9.17, 15) is 9.59 Å². The lowest BCUT2D eigenvalue weighted by Gasteiger charge is -2.36. The van der Waals surface area contributed by atoms with E-state index in [-0.39, 0.29) is 14.7 Å². The zero-order valence-corrected chi connectivity index (χ0v) is 24.8. The number of hydrogen-bond acceptors (Lipinski definition) is 8. The predicted molar refractivity (Wildman–Crippen MR) is 174 cm³/mol. The monoisotopic (exact) mass is 583 g/mol. The molecular formula is C32H47N7O3. The van der Waals surface area contributed by atoms with Crippen LogP contribution in [0.25, 0.3) is 0 Å². The normalized spacial score (nSPS) is 19.8. The Hall–Kier alpha value is -4.15. The minimum atomic E-state index is -0.0783. The lowest BCUT2D eigenvalue weighted by Crippen LogP contribution is -2.50. The number of rotatable bonds is 6. The van der Waals surface area contributed by atoms with Gasteiger partial charge in [-0.05, 0) is 50.7 Å². The topological polar surface area (TPSA) is 84.5 Å². The molecule has 10 nitrogen and oxygen atoms in total. The first kappa shape index (κ1) is 25.6. The van der Waals surface area contributed by atoms with Crippen LogP contribution in [-0.2, 0) is 0 Å². The summed E-state index contributed by atoms with van der Waals surface area (Å²) in [7, 11) is 5.88. The maximum absolute atomic E-state index is 13.5. The molecule has 1 atom stereocenters. The summed E-state index contributed by atoms with van der Waals surface area (Å²) in [4.78, 5) is 41.8. The van der Waals surface area contributed by atoms with Gasteiger partial charge in [0.05, 0.1) is 41.1 Å². The van der Waals surface area contributed by atoms with Gasteiger partial charge in [-0.3, -0.25) is 14.5 Å². The molecule has 0 spiro atoms. The number of carbonyl (C=O) groups excluding carboxylic acids is 2. The molecule has 1 aromatic heterocycles. The number of pyridine rings is 1. The summed E-state index contributed by atoms with van der Waals surface area (Å²) in [6.07, 6.45) is 2.72. The van der Waals surface area contributed by atoms with Gasteiger partial charge in [0, 0.05) is 79.8 Å². The number of likely N-dealkylation sites (tertiary alicyclic amines) is 1. The van der Waals surface area contributed by atoms with Gasteiger partial charge < -0.3 is 29.7 Å². The molecule has 10 heteroatoms. The van der Waals surface area contributed by atoms with Crippen molar-refractivity contribution in [2.45, 2.75) is 19.4 Å². The highest BCUT2D eigenvalue weighted by molar-refractivity contribution is 6.13. The fraction of sp³-hybridized carbons (Fsp3) is 0.406. The minimum Gasteiger partial charge on any atom is -0.492 e. The van der Waals surface area contributed by atoms with Crippen LogP contribution in [0, 0.1) is 0 Å². The highest BCUT2D eigenvalue weighted by atomic mass is 16.5. The van der Waals surface area contributed by atoms with Crippen molar-refractivity contribution >= 4 is 40.4 Å². The number of amides is 2. The third-order valence-electron chi connectivity index (χ3n) is 8.68. The fourth-order valence-electron chi connectivity index (χ4n) is 6.17. The van der Waals surface area contributed by atoms with Crippen LogP contribution < -0.4 is 19.9 Å². The van der Waals surface area contributed by atoms with Crippen LogP contribution in [0.3, 0.4) is 0 Å². The van der Waals surface area contributed by atoms with Crippen molar-refractivity contribution in [2.75, 3.05) is 82.1 Å². The molecule has 2 amide bonds. The van der Waals surface area contributed by atoms with E-state index in [4.69, 9.17) is 10.7 Å². The molecule has 6 rings (SSSR count). The van der Waals surface area contributed by atoms with Crippen molar-refractivity contribution in [2.24, 2.45) is 0 Å². The van der Waals surface area contributed by atoms with Crippen molar-refractivity contribution in [1.82, 2.24) is 19.7 Å². The molecule has 2 fully saturated rings. The average molecular weight is 584 g/mol. The van der Waals surface area contributed by atoms with E-state index in [0.29, 0.717) is 35.3 Å². The number of para-hydroxylation sites is 1. The Bertz CT molecular complexity index is 1510. The number of nitrogens with zero attached hydrogens (tertiary/aromatic N) is 6. The number of likely N-dealkylation sites (N-methyl/N-ethyl adjacent to an activating group) is 1. The maximum atomic E-state index is 13.5. The molecule has 3 aliphatic heterocycles. The van der Waals surface area contributed by atoms with Gasteiger partial charge in [0.25, 0.3) is 11.8 Å². The number of hydrogen-bond donors (Lipinski definition) is 1. The molecule has 4 heterocycles. The van der Waals surface area contributed by atoms with Gasteiger partial charge in [-0.2, -0.15) is 0 Å². The number of carbonyl (C=O) groups is 2. The number of nitrogens with one attached hydrogen (secondary N) is 1. The zero-order valence-electron chi connectivity index (χ0n) is 28.8. The first-order valence-corrected chi connectivity index (χ1v) is 14.7. The van der Waals surface area contributed by atoms with Crippen LogP contribution in [0.4, 0.5) is 28.6 Å². The SMILES string of the molecule is CCOc1cc(C(=O)N2CC[C@@H](N3CCN(C)CC3)C2)ccc1Nc1cc2c(cn1)N(C)C(=O)c1ccccc1N2C.[2HH].[2HH].[2H][2H].[2H][2H]. The van der Waals surface area contributed by atoms with E-state index in [0.717, 1.165) is 68.4 Å². The molecule has 3 aliphatic rings. The highest BCUT2D eigenvalue weighted by Crippen LogP contribution is 2.40. The number of anilines is 5. The summed E-state index contributed by atoms with van der Waals surface area (Å²) in [5.74, 6) is 1.16. The van der Waals surface area contributed by atoms with E-state index in [1.807, 2.05) is 72.3 Å². The molecule has 0 bridgehead atoms. The summed E-state index contributed by atoms with van der Waals surface area (Å²) in [6.45, 7) is 8.20. The lowest BCUT2D eigenvalue weighted by atomic mass is 10.1. The number of aromatic nitrogens is 1. The van der Waals surface area contributed by atoms with Crippen LogP contribution in [0.1, 0.15) is 42.9 Å². The Kier molecular flexibility index (Phi) is 7.07. The Morgan fingerprint density at radius 3 is 2.57 bits per heavy atom. The van der Waals surface area contributed by atoms with Crippen LogP contribution in [0.2, 0.25) is 0 Å². The van der Waals surface area contributed by atoms with Gasteiger partial charge in [-0.1, -0.05) is 12.1 Å². The second-order valence-electron chi connectivity index (χ2n) is 11.3. The first-order chi connectivity index (χ1) is 22.3. The van der Waals surface area contributed by atoms with Gasteiger partial charge in [-0.25, -0.2) is 4.98 Å². The van der Waals surface area contributed by atoms with Crippen LogP contribution in [-0.4, -0.2) is 105 Å². The van der Waals surface area contributed by atoms with Gasteiger partial charge in [-0.15, -0.1) is 0 Å². The molecule has 228 valence electrons. The average Bonchev–Trinajstić information content (AvgIpc) is 3.58. The molecule has 0 unspecified atom stereocenters. The fourth-order valence-corrected chi connectivity index (χ4v) is 6.17. The third-order valence-corrected chi connectivity index (χ3v) is 8.68. The molecule has 2 saturated heterocycles. The van der Waals surface area contributed by atoms with Crippen LogP contribution >= 0.6 is 0 Å². The van der Waals surface area contributed by atoms with E-state index in [1.165, 1.54) is 0 Å². The van der Waals surface area contributed by atoms with Crippen molar-refractivity contribution in [3.63, 3.8) is 0 Å². The van der Waals surface area contributed by atoms with E-state index in [2.05, 4.69) is 27.1 Å². The molecule has 0 radical (unpaired) electrons. The molecule has 1 N–H and O–H groups in total. The summed E-state index contributed by atoms with van der Waals surface area (Å²) >= 11 is 0. The van der Waals surface area contributed by atoms with Gasteiger partial charge in [0.1, 0.15) is 11.6 Å². The second kappa shape index (κ2) is 11.6. The largest absolute Gasteiger partial charge is 0.492 e. The second-order valence-corrected chi connectivity index (χ2v) is 11.3. The molecule has 0 aliphatic carbocycles. The summed E-state index contributed by atoms with van der Waals surface area (Å²) in [6, 6.07) is 15.5. The first-order valence-electron chi connectivity index (χ1n) is 16.7. The Labute approximate surface area is 256 Å².